The van der Waals surface area contributed by atoms with Crippen LogP contribution in [0.5, 0.6) is 0 Å². The van der Waals surface area contributed by atoms with Gasteiger partial charge in [-0.15, -0.1) is 22.7 Å². The van der Waals surface area contributed by atoms with Crippen LogP contribution in [0, 0.1) is 0 Å². The fraction of sp³-hybridized carbons (Fsp3) is 0.0909. The Morgan fingerprint density at radius 2 is 0.969 bits per heavy atom. The van der Waals surface area contributed by atoms with Gasteiger partial charge in [-0.1, -0.05) is 115 Å². The van der Waals surface area contributed by atoms with Gasteiger partial charge in [0.25, 0.3) is 0 Å². The molecule has 0 fully saturated rings. The van der Waals surface area contributed by atoms with Gasteiger partial charge in [-0.3, -0.25) is 0 Å². The van der Waals surface area contributed by atoms with E-state index in [0.717, 1.165) is 30.7 Å². The van der Waals surface area contributed by atoms with Crippen LogP contribution in [0.15, 0.2) is 81.2 Å². The normalized spacial score (nSPS) is 12.3. The van der Waals surface area contributed by atoms with Crippen molar-refractivity contribution >= 4 is 114 Å². The molecule has 2 aromatic heterocycles. The predicted octanol–water partition coefficient (Wildman–Crippen LogP) is 11.6. The van der Waals surface area contributed by atoms with E-state index in [-0.39, 0.29) is 0 Å². The number of rotatable bonds is 5. The molecule has 4 rings (SSSR count). The topological polar surface area (TPSA) is 0 Å². The van der Waals surface area contributed by atoms with Crippen LogP contribution in [0.4, 0.5) is 0 Å². The number of benzene rings is 2. The first-order valence-corrected chi connectivity index (χ1v) is 15.2. The Labute approximate surface area is 232 Å². The standard InChI is InChI=1S/C22H12Cl6S4/c23-21(24,25)13-5-7-19(15(11-13)17-3-1-9-29-17)31-32-20-8-6-14(22(26,27)28)12-16(20)18-4-2-10-30-18/h1-12H. The number of alkyl halides is 6. The molecule has 0 aliphatic rings. The molecule has 2 heterocycles. The van der Waals surface area contributed by atoms with Crippen LogP contribution in [0.2, 0.25) is 0 Å². The minimum absolute atomic E-state index is 0.631. The molecule has 0 bridgehead atoms. The van der Waals surface area contributed by atoms with E-state index >= 15 is 0 Å². The lowest BCUT2D eigenvalue weighted by Gasteiger charge is -2.17. The van der Waals surface area contributed by atoms with Gasteiger partial charge in [0.2, 0.25) is 7.59 Å². The van der Waals surface area contributed by atoms with Gasteiger partial charge in [-0.2, -0.15) is 0 Å². The molecule has 10 heteroatoms. The molecule has 0 spiro atoms. The van der Waals surface area contributed by atoms with Crippen LogP contribution in [0.1, 0.15) is 11.1 Å². The van der Waals surface area contributed by atoms with Gasteiger partial charge in [-0.05, 0) is 47.2 Å². The molecule has 166 valence electrons. The highest BCUT2D eigenvalue weighted by atomic mass is 35.6. The first-order valence-electron chi connectivity index (χ1n) is 8.98. The second kappa shape index (κ2) is 10.5. The number of hydrogen-bond donors (Lipinski definition) is 0. The van der Waals surface area contributed by atoms with Crippen LogP contribution < -0.4 is 0 Å². The Bertz CT molecular complexity index is 1100. The molecule has 0 aliphatic carbocycles. The van der Waals surface area contributed by atoms with Gasteiger partial charge in [-0.25, -0.2) is 0 Å². The average Bonchev–Trinajstić information content (AvgIpc) is 3.44. The molecule has 0 amide bonds. The smallest absolute Gasteiger partial charge is 0.144 e. The van der Waals surface area contributed by atoms with Crippen molar-refractivity contribution in [1.82, 2.24) is 0 Å². The van der Waals surface area contributed by atoms with Crippen molar-refractivity contribution in [3.05, 3.63) is 82.6 Å². The van der Waals surface area contributed by atoms with Gasteiger partial charge in [0.1, 0.15) is 0 Å². The highest BCUT2D eigenvalue weighted by Crippen LogP contribution is 2.50. The third-order valence-corrected chi connectivity index (χ3v) is 10.0. The summed E-state index contributed by atoms with van der Waals surface area (Å²) in [7, 11) is 3.28. The summed E-state index contributed by atoms with van der Waals surface area (Å²) in [5.41, 5.74) is 3.31. The molecule has 2 aromatic carbocycles. The fourth-order valence-electron chi connectivity index (χ4n) is 2.90. The monoisotopic (exact) mass is 614 g/mol. The summed E-state index contributed by atoms with van der Waals surface area (Å²) < 4.78 is -2.97. The van der Waals surface area contributed by atoms with E-state index in [9.17, 15) is 0 Å². The van der Waals surface area contributed by atoms with Gasteiger partial charge < -0.3 is 0 Å². The van der Waals surface area contributed by atoms with Crippen molar-refractivity contribution in [2.75, 3.05) is 0 Å². The van der Waals surface area contributed by atoms with Crippen LogP contribution in [-0.4, -0.2) is 0 Å². The maximum absolute atomic E-state index is 6.14. The van der Waals surface area contributed by atoms with Crippen LogP contribution >= 0.6 is 114 Å². The Kier molecular flexibility index (Phi) is 8.32. The highest BCUT2D eigenvalue weighted by molar-refractivity contribution is 8.76. The molecule has 0 atom stereocenters. The summed E-state index contributed by atoms with van der Waals surface area (Å²) >= 11 is 40.1. The summed E-state index contributed by atoms with van der Waals surface area (Å²) in [6.07, 6.45) is 0. The fourth-order valence-corrected chi connectivity index (χ4v) is 7.60. The SMILES string of the molecule is ClC(Cl)(Cl)c1ccc(SSc2ccc(C(Cl)(Cl)Cl)cc2-c2cccs2)c(-c2cccs2)c1. The molecule has 32 heavy (non-hydrogen) atoms. The van der Waals surface area contributed by atoms with Crippen LogP contribution in [0.25, 0.3) is 20.9 Å². The Balaban J connectivity index is 1.70. The summed E-state index contributed by atoms with van der Waals surface area (Å²) in [4.78, 5) is 4.35. The summed E-state index contributed by atoms with van der Waals surface area (Å²) in [5, 5.41) is 4.06. The molecule has 4 aromatic rings. The molecule has 0 saturated carbocycles. The molecular weight excluding hydrogens is 605 g/mol. The first kappa shape index (κ1) is 25.4. The number of thiophene rings is 2. The van der Waals surface area contributed by atoms with Crippen LogP contribution in [-0.2, 0) is 7.59 Å². The largest absolute Gasteiger partial charge is 0.216 e. The summed E-state index contributed by atoms with van der Waals surface area (Å²) in [6.45, 7) is 0. The minimum atomic E-state index is -1.48. The van der Waals surface area contributed by atoms with Crippen molar-refractivity contribution in [2.24, 2.45) is 0 Å². The minimum Gasteiger partial charge on any atom is -0.144 e. The Hall–Kier alpha value is 0.280. The lowest BCUT2D eigenvalue weighted by atomic mass is 10.1. The maximum atomic E-state index is 6.14. The van der Waals surface area contributed by atoms with Gasteiger partial charge in [0.05, 0.1) is 0 Å². The quantitative estimate of drug-likeness (QED) is 0.161. The van der Waals surface area contributed by atoms with Crippen molar-refractivity contribution < 1.29 is 0 Å². The van der Waals surface area contributed by atoms with Crippen LogP contribution in [0.3, 0.4) is 0 Å². The molecular formula is C22H12Cl6S4. The molecule has 0 radical (unpaired) electrons. The van der Waals surface area contributed by atoms with Gasteiger partial charge in [0, 0.05) is 41.8 Å². The zero-order valence-electron chi connectivity index (χ0n) is 15.8. The molecule has 0 saturated heterocycles. The van der Waals surface area contributed by atoms with Gasteiger partial charge in [0.15, 0.2) is 0 Å². The van der Waals surface area contributed by atoms with Crippen molar-refractivity contribution in [3.63, 3.8) is 0 Å². The van der Waals surface area contributed by atoms with E-state index in [2.05, 4.69) is 12.1 Å². The second-order valence-electron chi connectivity index (χ2n) is 6.54. The second-order valence-corrected chi connectivity index (χ2v) is 15.2. The average molecular weight is 617 g/mol. The van der Waals surface area contributed by atoms with E-state index in [1.165, 1.54) is 0 Å². The molecule has 0 unspecified atom stereocenters. The first-order chi connectivity index (χ1) is 15.1. The van der Waals surface area contributed by atoms with E-state index in [0.29, 0.717) is 11.1 Å². The zero-order valence-corrected chi connectivity index (χ0v) is 23.6. The molecule has 0 nitrogen and oxygen atoms in total. The Morgan fingerprint density at radius 3 is 1.28 bits per heavy atom. The van der Waals surface area contributed by atoms with E-state index in [4.69, 9.17) is 69.6 Å². The van der Waals surface area contributed by atoms with Crippen molar-refractivity contribution in [1.29, 1.82) is 0 Å². The lowest BCUT2D eigenvalue weighted by molar-refractivity contribution is 1.22. The van der Waals surface area contributed by atoms with Crippen molar-refractivity contribution in [2.45, 2.75) is 17.4 Å². The number of hydrogen-bond acceptors (Lipinski definition) is 4. The molecule has 0 aliphatic heterocycles. The summed E-state index contributed by atoms with van der Waals surface area (Å²) in [6, 6.07) is 19.7. The number of halogens is 6. The third kappa shape index (κ3) is 6.09. The highest BCUT2D eigenvalue weighted by Gasteiger charge is 2.26. The zero-order chi connectivity index (χ0) is 22.9. The van der Waals surface area contributed by atoms with E-state index in [1.54, 1.807) is 44.3 Å². The third-order valence-electron chi connectivity index (χ3n) is 4.41. The predicted molar refractivity (Wildman–Crippen MR) is 150 cm³/mol. The van der Waals surface area contributed by atoms with Crippen molar-refractivity contribution in [3.8, 4) is 20.9 Å². The summed E-state index contributed by atoms with van der Waals surface area (Å²) in [5.74, 6) is 0. The van der Waals surface area contributed by atoms with Gasteiger partial charge >= 0.3 is 0 Å². The lowest BCUT2D eigenvalue weighted by Crippen LogP contribution is -2.00. The van der Waals surface area contributed by atoms with E-state index < -0.39 is 7.59 Å². The maximum Gasteiger partial charge on any atom is 0.216 e. The Morgan fingerprint density at radius 1 is 0.562 bits per heavy atom. The molecule has 0 N–H and O–H groups in total. The van der Waals surface area contributed by atoms with E-state index in [1.807, 2.05) is 59.3 Å².